The fraction of sp³-hybridized carbons (Fsp3) is 0.583. The third kappa shape index (κ3) is 8.12. The molecule has 1 fully saturated rings. The van der Waals surface area contributed by atoms with Gasteiger partial charge in [0.05, 0.1) is 43.9 Å². The number of azide groups is 1. The van der Waals surface area contributed by atoms with Crippen molar-refractivity contribution in [3.8, 4) is 0 Å². The second-order valence-corrected chi connectivity index (χ2v) is 9.10. The molecule has 1 saturated heterocycles. The van der Waals surface area contributed by atoms with Crippen LogP contribution in [-0.2, 0) is 37.8 Å². The number of amides is 1. The summed E-state index contributed by atoms with van der Waals surface area (Å²) in [5.74, 6) is -0.877. The molecule has 2 aromatic rings. The largest absolute Gasteiger partial charge is 0.465 e. The number of nitrogens with zero attached hydrogens (tertiary/aromatic N) is 6. The van der Waals surface area contributed by atoms with E-state index in [0.29, 0.717) is 31.5 Å². The van der Waals surface area contributed by atoms with Gasteiger partial charge in [0.25, 0.3) is 5.72 Å². The monoisotopic (exact) mass is 547 g/mol. The Hall–Kier alpha value is -3.75. The topological polar surface area (TPSA) is 214 Å². The van der Waals surface area contributed by atoms with E-state index < -0.39 is 48.7 Å². The van der Waals surface area contributed by atoms with Crippen molar-refractivity contribution in [1.29, 1.82) is 0 Å². The molecule has 0 radical (unpaired) electrons. The van der Waals surface area contributed by atoms with Gasteiger partial charge in [0.15, 0.2) is 0 Å². The Balaban J connectivity index is 1.55. The Labute approximate surface area is 224 Å². The van der Waals surface area contributed by atoms with Crippen LogP contribution in [0.4, 0.5) is 4.79 Å². The minimum absolute atomic E-state index is 0.0877. The summed E-state index contributed by atoms with van der Waals surface area (Å²) >= 11 is 0. The van der Waals surface area contributed by atoms with Gasteiger partial charge < -0.3 is 34.8 Å². The van der Waals surface area contributed by atoms with Crippen LogP contribution in [0.1, 0.15) is 36.9 Å². The third-order valence-electron chi connectivity index (χ3n) is 6.23. The minimum Gasteiger partial charge on any atom is -0.465 e. The lowest BCUT2D eigenvalue weighted by molar-refractivity contribution is -0.250. The highest BCUT2D eigenvalue weighted by Gasteiger charge is 2.53. The first kappa shape index (κ1) is 29.8. The van der Waals surface area contributed by atoms with E-state index in [-0.39, 0.29) is 19.4 Å². The molecule has 4 N–H and O–H groups in total. The molecular weight excluding hydrogens is 514 g/mol. The minimum atomic E-state index is -1.94. The van der Waals surface area contributed by atoms with Gasteiger partial charge in [-0.1, -0.05) is 40.7 Å². The number of carbonyl (C=O) groups is 2. The van der Waals surface area contributed by atoms with Crippen LogP contribution >= 0.6 is 0 Å². The third-order valence-corrected chi connectivity index (χ3v) is 6.23. The van der Waals surface area contributed by atoms with E-state index in [1.807, 2.05) is 30.3 Å². The molecule has 15 heteroatoms. The SMILES string of the molecule is COC(=O)C1(n2cc(CCCCNC(=O)OCc3ccccc3)nn2)CC(O)CC(C(O)[C@H](O)CN=[N+]=[N-])O1. The highest BCUT2D eigenvalue weighted by Crippen LogP contribution is 2.36. The molecule has 0 bridgehead atoms. The normalized spacial score (nSPS) is 22.3. The number of hydrogen-bond acceptors (Lipinski definition) is 11. The van der Waals surface area contributed by atoms with Crippen LogP contribution in [0.25, 0.3) is 10.4 Å². The maximum Gasteiger partial charge on any atom is 0.407 e. The molecule has 1 amide bonds. The Kier molecular flexibility index (Phi) is 11.0. The van der Waals surface area contributed by atoms with E-state index in [9.17, 15) is 24.9 Å². The van der Waals surface area contributed by atoms with E-state index in [4.69, 9.17) is 19.7 Å². The van der Waals surface area contributed by atoms with Crippen LogP contribution in [0.15, 0.2) is 41.6 Å². The van der Waals surface area contributed by atoms with Gasteiger partial charge in [-0.3, -0.25) is 0 Å². The van der Waals surface area contributed by atoms with Crippen molar-refractivity contribution in [3.05, 3.63) is 58.2 Å². The summed E-state index contributed by atoms with van der Waals surface area (Å²) in [6.45, 7) is 0.145. The number of ether oxygens (including phenoxy) is 3. The molecule has 1 aliphatic heterocycles. The van der Waals surface area contributed by atoms with Crippen molar-refractivity contribution in [1.82, 2.24) is 20.3 Å². The predicted octanol–water partition coefficient (Wildman–Crippen LogP) is 0.925. The lowest BCUT2D eigenvalue weighted by Gasteiger charge is -2.42. The Bertz CT molecular complexity index is 1130. The average molecular weight is 548 g/mol. The smallest absolute Gasteiger partial charge is 0.407 e. The van der Waals surface area contributed by atoms with Crippen molar-refractivity contribution < 1.29 is 39.1 Å². The van der Waals surface area contributed by atoms with Crippen LogP contribution in [0.5, 0.6) is 0 Å². The van der Waals surface area contributed by atoms with Crippen molar-refractivity contribution in [2.24, 2.45) is 5.11 Å². The molecule has 0 saturated carbocycles. The first-order chi connectivity index (χ1) is 18.8. The molecule has 39 heavy (non-hydrogen) atoms. The van der Waals surface area contributed by atoms with Crippen molar-refractivity contribution >= 4 is 12.1 Å². The van der Waals surface area contributed by atoms with Gasteiger partial charge in [0.2, 0.25) is 0 Å². The number of aryl methyl sites for hydroxylation is 1. The van der Waals surface area contributed by atoms with E-state index in [2.05, 4.69) is 25.7 Å². The molecule has 5 atom stereocenters. The fourth-order valence-corrected chi connectivity index (χ4v) is 4.22. The quantitative estimate of drug-likeness (QED) is 0.0914. The summed E-state index contributed by atoms with van der Waals surface area (Å²) in [6, 6.07) is 9.33. The second-order valence-electron chi connectivity index (χ2n) is 9.10. The zero-order valence-corrected chi connectivity index (χ0v) is 21.5. The number of aromatic nitrogens is 3. The number of aliphatic hydroxyl groups is 3. The highest BCUT2D eigenvalue weighted by molar-refractivity contribution is 5.77. The van der Waals surface area contributed by atoms with E-state index in [1.165, 1.54) is 6.20 Å². The molecule has 15 nitrogen and oxygen atoms in total. The number of alkyl carbamates (subject to hydrolysis) is 1. The predicted molar refractivity (Wildman–Crippen MR) is 134 cm³/mol. The number of hydrogen-bond donors (Lipinski definition) is 4. The lowest BCUT2D eigenvalue weighted by Crippen LogP contribution is -2.58. The number of nitrogens with one attached hydrogen (secondary N) is 1. The molecule has 0 aliphatic carbocycles. The summed E-state index contributed by atoms with van der Waals surface area (Å²) in [6.07, 6.45) is -2.97. The molecule has 212 valence electrons. The molecule has 0 spiro atoms. The zero-order valence-electron chi connectivity index (χ0n) is 21.5. The summed E-state index contributed by atoms with van der Waals surface area (Å²) < 4.78 is 17.1. The molecule has 4 unspecified atom stereocenters. The first-order valence-electron chi connectivity index (χ1n) is 12.5. The molecule has 2 heterocycles. The van der Waals surface area contributed by atoms with Gasteiger partial charge in [-0.2, -0.15) is 0 Å². The number of unbranched alkanes of at least 4 members (excludes halogenated alkanes) is 1. The fourth-order valence-electron chi connectivity index (χ4n) is 4.22. The molecule has 1 aromatic carbocycles. The number of carbonyl (C=O) groups excluding carboxylic acids is 2. The number of esters is 1. The maximum absolute atomic E-state index is 12.9. The Morgan fingerprint density at radius 1 is 1.33 bits per heavy atom. The number of benzene rings is 1. The molecule has 1 aliphatic rings. The van der Waals surface area contributed by atoms with Gasteiger partial charge in [-0.25, -0.2) is 14.3 Å². The highest BCUT2D eigenvalue weighted by atomic mass is 16.6. The van der Waals surface area contributed by atoms with Gasteiger partial charge >= 0.3 is 12.1 Å². The standard InChI is InChI=1S/C24H33N7O8/c1-37-22(35)24(12-18(32)11-20(39-24)21(34)19(33)13-27-29-25)31-14-17(28-30-31)9-5-6-10-26-23(36)38-15-16-7-3-2-4-8-16/h2-4,7-8,14,18-21,32-34H,5-6,9-13,15H2,1H3,(H,26,36)/t18?,19-,20?,21?,24?/m1/s1. The van der Waals surface area contributed by atoms with Crippen LogP contribution in [0, 0.1) is 0 Å². The lowest BCUT2D eigenvalue weighted by atomic mass is 9.92. The summed E-state index contributed by atoms with van der Waals surface area (Å²) in [5, 5.41) is 45.2. The van der Waals surface area contributed by atoms with E-state index in [1.54, 1.807) is 0 Å². The van der Waals surface area contributed by atoms with Gasteiger partial charge in [0.1, 0.15) is 12.7 Å². The van der Waals surface area contributed by atoms with E-state index >= 15 is 0 Å². The van der Waals surface area contributed by atoms with Crippen LogP contribution < -0.4 is 5.32 Å². The Morgan fingerprint density at radius 3 is 2.82 bits per heavy atom. The first-order valence-corrected chi connectivity index (χ1v) is 12.5. The average Bonchev–Trinajstić information content (AvgIpc) is 3.43. The molecular formula is C24H33N7O8. The number of methoxy groups -OCH3 is 1. The molecule has 1 aromatic heterocycles. The molecule has 3 rings (SSSR count). The van der Waals surface area contributed by atoms with Crippen LogP contribution in [0.3, 0.4) is 0 Å². The number of aliphatic hydroxyl groups excluding tert-OH is 3. The maximum atomic E-state index is 12.9. The van der Waals surface area contributed by atoms with Gasteiger partial charge in [-0.15, -0.1) is 5.10 Å². The second kappa shape index (κ2) is 14.4. The van der Waals surface area contributed by atoms with Crippen molar-refractivity contribution in [2.45, 2.75) is 68.9 Å². The van der Waals surface area contributed by atoms with E-state index in [0.717, 1.165) is 17.4 Å². The van der Waals surface area contributed by atoms with Crippen molar-refractivity contribution in [3.63, 3.8) is 0 Å². The summed E-state index contributed by atoms with van der Waals surface area (Å²) in [7, 11) is 1.14. The summed E-state index contributed by atoms with van der Waals surface area (Å²) in [4.78, 5) is 27.3. The van der Waals surface area contributed by atoms with Gasteiger partial charge in [-0.05, 0) is 30.4 Å². The number of rotatable bonds is 13. The van der Waals surface area contributed by atoms with Crippen LogP contribution in [-0.4, -0.2) is 87.0 Å². The summed E-state index contributed by atoms with van der Waals surface area (Å²) in [5.41, 5.74) is 7.93. The van der Waals surface area contributed by atoms with Gasteiger partial charge in [0, 0.05) is 24.3 Å². The zero-order chi connectivity index (χ0) is 28.3. The van der Waals surface area contributed by atoms with Crippen LogP contribution in [0.2, 0.25) is 0 Å². The van der Waals surface area contributed by atoms with Crippen molar-refractivity contribution in [2.75, 3.05) is 20.2 Å². The Morgan fingerprint density at radius 2 is 2.10 bits per heavy atom.